The first-order valence-corrected chi connectivity index (χ1v) is 9.68. The third-order valence-corrected chi connectivity index (χ3v) is 5.00. The molecule has 1 saturated carbocycles. The lowest BCUT2D eigenvalue weighted by Crippen LogP contribution is -2.35. The Labute approximate surface area is 149 Å². The molecule has 23 heavy (non-hydrogen) atoms. The predicted molar refractivity (Wildman–Crippen MR) is 98.5 cm³/mol. The highest BCUT2D eigenvalue weighted by molar-refractivity contribution is 6.35. The minimum atomic E-state index is -0.0634. The number of nitrogens with one attached hydrogen (secondary N) is 1. The minimum Gasteiger partial charge on any atom is -0.349 e. The first-order chi connectivity index (χ1) is 11.1. The third kappa shape index (κ3) is 7.14. The van der Waals surface area contributed by atoms with Crippen molar-refractivity contribution in [2.75, 3.05) is 0 Å². The maximum absolute atomic E-state index is 12.5. The molecule has 0 aromatic heterocycles. The molecule has 1 aliphatic carbocycles. The summed E-state index contributed by atoms with van der Waals surface area (Å²) in [5.41, 5.74) is 0.550. The Hall–Kier alpha value is -0.730. The largest absolute Gasteiger partial charge is 0.349 e. The van der Waals surface area contributed by atoms with Crippen LogP contribution in [0.3, 0.4) is 0 Å². The van der Waals surface area contributed by atoms with E-state index < -0.39 is 0 Å². The fourth-order valence-electron chi connectivity index (χ4n) is 3.26. The summed E-state index contributed by atoms with van der Waals surface area (Å²) in [6.45, 7) is 0. The van der Waals surface area contributed by atoms with Gasteiger partial charge in [0.15, 0.2) is 0 Å². The first-order valence-electron chi connectivity index (χ1n) is 8.92. The number of halogens is 2. The molecule has 2 rings (SSSR count). The molecule has 0 heterocycles. The highest BCUT2D eigenvalue weighted by Crippen LogP contribution is 2.20. The molecule has 0 aliphatic heterocycles. The molecule has 1 amide bonds. The molecule has 0 radical (unpaired) electrons. The topological polar surface area (TPSA) is 29.1 Å². The number of benzene rings is 1. The van der Waals surface area contributed by atoms with Crippen molar-refractivity contribution in [3.8, 4) is 0 Å². The lowest BCUT2D eigenvalue weighted by atomic mass is 9.97. The van der Waals surface area contributed by atoms with Crippen LogP contribution in [-0.4, -0.2) is 11.9 Å². The van der Waals surface area contributed by atoms with E-state index in [9.17, 15) is 4.79 Å². The highest BCUT2D eigenvalue weighted by atomic mass is 35.5. The van der Waals surface area contributed by atoms with Gasteiger partial charge in [0.25, 0.3) is 5.91 Å². The van der Waals surface area contributed by atoms with E-state index in [4.69, 9.17) is 23.2 Å². The molecule has 1 aliphatic rings. The maximum atomic E-state index is 12.5. The van der Waals surface area contributed by atoms with Gasteiger partial charge in [0.2, 0.25) is 0 Å². The summed E-state index contributed by atoms with van der Waals surface area (Å²) in [6.07, 6.45) is 13.8. The zero-order valence-corrected chi connectivity index (χ0v) is 15.3. The number of hydrogen-bond acceptors (Lipinski definition) is 1. The third-order valence-electron chi connectivity index (χ3n) is 4.57. The van der Waals surface area contributed by atoms with E-state index in [1.165, 1.54) is 57.8 Å². The van der Waals surface area contributed by atoms with Crippen LogP contribution in [0.4, 0.5) is 0 Å². The van der Waals surface area contributed by atoms with Crippen molar-refractivity contribution in [3.05, 3.63) is 33.8 Å². The summed E-state index contributed by atoms with van der Waals surface area (Å²) in [4.78, 5) is 12.5. The predicted octanol–water partition coefficient (Wildman–Crippen LogP) is 6.40. The molecule has 0 atom stereocenters. The van der Waals surface area contributed by atoms with E-state index >= 15 is 0 Å². The number of carbonyl (C=O) groups excluding carboxylic acids is 1. The summed E-state index contributed by atoms with van der Waals surface area (Å²) in [5, 5.41) is 4.19. The van der Waals surface area contributed by atoms with E-state index in [1.807, 2.05) is 0 Å². The molecule has 2 nitrogen and oxygen atoms in total. The van der Waals surface area contributed by atoms with Gasteiger partial charge in [-0.05, 0) is 31.0 Å². The number of carbonyl (C=O) groups is 1. The van der Waals surface area contributed by atoms with Crippen LogP contribution in [-0.2, 0) is 0 Å². The average Bonchev–Trinajstić information content (AvgIpc) is 2.49. The van der Waals surface area contributed by atoms with Crippen LogP contribution in [0.15, 0.2) is 18.2 Å². The summed E-state index contributed by atoms with van der Waals surface area (Å²) < 4.78 is 0. The Morgan fingerprint density at radius 2 is 1.22 bits per heavy atom. The van der Waals surface area contributed by atoms with Crippen molar-refractivity contribution in [2.45, 2.75) is 76.7 Å². The number of rotatable bonds is 2. The van der Waals surface area contributed by atoms with Crippen molar-refractivity contribution in [1.82, 2.24) is 5.32 Å². The van der Waals surface area contributed by atoms with Gasteiger partial charge >= 0.3 is 0 Å². The van der Waals surface area contributed by atoms with Crippen molar-refractivity contribution < 1.29 is 4.79 Å². The molecular formula is C19H27Cl2NO. The second-order valence-corrected chi connectivity index (χ2v) is 7.46. The number of hydrogen-bond donors (Lipinski definition) is 1. The molecule has 1 aromatic carbocycles. The molecule has 0 saturated heterocycles. The van der Waals surface area contributed by atoms with Gasteiger partial charge in [-0.15, -0.1) is 0 Å². The minimum absolute atomic E-state index is 0.0634. The van der Waals surface area contributed by atoms with E-state index in [0.717, 1.165) is 12.8 Å². The van der Waals surface area contributed by atoms with Gasteiger partial charge in [-0.3, -0.25) is 4.79 Å². The Kier molecular flexibility index (Phi) is 8.25. The van der Waals surface area contributed by atoms with Crippen molar-refractivity contribution in [1.29, 1.82) is 0 Å². The molecule has 1 aromatic rings. The average molecular weight is 356 g/mol. The van der Waals surface area contributed by atoms with Gasteiger partial charge in [-0.25, -0.2) is 0 Å². The van der Waals surface area contributed by atoms with Gasteiger partial charge in [-0.1, -0.05) is 81.0 Å². The Morgan fingerprint density at radius 1 is 0.783 bits per heavy atom. The summed E-state index contributed by atoms with van der Waals surface area (Å²) >= 11 is 12.0. The van der Waals surface area contributed by atoms with Crippen LogP contribution in [0.25, 0.3) is 0 Å². The van der Waals surface area contributed by atoms with Crippen molar-refractivity contribution in [3.63, 3.8) is 0 Å². The maximum Gasteiger partial charge on any atom is 0.251 e. The summed E-state index contributed by atoms with van der Waals surface area (Å²) in [7, 11) is 0. The van der Waals surface area contributed by atoms with Crippen LogP contribution in [0.1, 0.15) is 81.0 Å². The van der Waals surface area contributed by atoms with Crippen molar-refractivity contribution in [2.24, 2.45) is 0 Å². The SMILES string of the molecule is O=C(NC1CCCCCCCCCCC1)c1cc(Cl)cc(Cl)c1. The fraction of sp³-hybridized carbons (Fsp3) is 0.632. The molecular weight excluding hydrogens is 329 g/mol. The van der Waals surface area contributed by atoms with Gasteiger partial charge in [0.1, 0.15) is 0 Å². The van der Waals surface area contributed by atoms with Crippen LogP contribution in [0.2, 0.25) is 10.0 Å². The van der Waals surface area contributed by atoms with E-state index in [0.29, 0.717) is 15.6 Å². The first kappa shape index (κ1) is 18.6. The van der Waals surface area contributed by atoms with Crippen molar-refractivity contribution >= 4 is 29.1 Å². The monoisotopic (exact) mass is 355 g/mol. The lowest BCUT2D eigenvalue weighted by molar-refractivity contribution is 0.0931. The van der Waals surface area contributed by atoms with Gasteiger partial charge in [0.05, 0.1) is 0 Å². The molecule has 0 unspecified atom stereocenters. The summed E-state index contributed by atoms with van der Waals surface area (Å²) in [5.74, 6) is -0.0634. The standard InChI is InChI=1S/C19H27Cl2NO/c20-16-12-15(13-17(21)14-16)19(23)22-18-10-8-6-4-2-1-3-5-7-9-11-18/h12-14,18H,1-11H2,(H,22,23). The van der Waals surface area contributed by atoms with Crippen LogP contribution in [0, 0.1) is 0 Å². The quantitative estimate of drug-likeness (QED) is 0.653. The van der Waals surface area contributed by atoms with E-state index in [1.54, 1.807) is 18.2 Å². The molecule has 128 valence electrons. The van der Waals surface area contributed by atoms with Crippen LogP contribution in [0.5, 0.6) is 0 Å². The zero-order valence-electron chi connectivity index (χ0n) is 13.8. The van der Waals surface area contributed by atoms with Gasteiger partial charge < -0.3 is 5.32 Å². The smallest absolute Gasteiger partial charge is 0.251 e. The Morgan fingerprint density at radius 3 is 1.70 bits per heavy atom. The highest BCUT2D eigenvalue weighted by Gasteiger charge is 2.15. The van der Waals surface area contributed by atoms with E-state index in [2.05, 4.69) is 5.32 Å². The van der Waals surface area contributed by atoms with Gasteiger partial charge in [0, 0.05) is 21.7 Å². The molecule has 0 bridgehead atoms. The molecule has 1 N–H and O–H groups in total. The normalized spacial score (nSPS) is 18.7. The Bertz CT molecular complexity index is 472. The second kappa shape index (κ2) is 10.2. The molecule has 0 spiro atoms. The lowest BCUT2D eigenvalue weighted by Gasteiger charge is -2.20. The zero-order chi connectivity index (χ0) is 16.5. The van der Waals surface area contributed by atoms with Gasteiger partial charge in [-0.2, -0.15) is 0 Å². The Balaban J connectivity index is 1.92. The van der Waals surface area contributed by atoms with E-state index in [-0.39, 0.29) is 11.9 Å². The molecule has 1 fully saturated rings. The van der Waals surface area contributed by atoms with Crippen LogP contribution >= 0.6 is 23.2 Å². The molecule has 4 heteroatoms. The second-order valence-electron chi connectivity index (χ2n) is 6.59. The summed E-state index contributed by atoms with van der Waals surface area (Å²) in [6, 6.07) is 5.27. The van der Waals surface area contributed by atoms with Crippen LogP contribution < -0.4 is 5.32 Å². The fourth-order valence-corrected chi connectivity index (χ4v) is 3.79. The number of amides is 1.